The monoisotopic (exact) mass is 1480 g/mol. The lowest BCUT2D eigenvalue weighted by atomic mass is 10.0. The highest BCUT2D eigenvalue weighted by molar-refractivity contribution is 7.47. The SMILES string of the molecule is CCCCCCCCCCCCCCCCCCCCCCCC(=O)O[C@H](COC(=O)CCCCCCCCCCCCCCCCCCCCCC)COP(=O)(O)OC[C@@H](O)COP(=O)(O)OC[C@@H](COC(=O)CCCCCCCCCCCC)OC(=O)CCCCCCCCCCCC. The number of esters is 4. The quantitative estimate of drug-likeness (QED) is 0.0222. The molecule has 0 radical (unpaired) electrons. The van der Waals surface area contributed by atoms with Crippen LogP contribution in [0.4, 0.5) is 0 Å². The van der Waals surface area contributed by atoms with Gasteiger partial charge in [0.25, 0.3) is 0 Å². The Kier molecular flexibility index (Phi) is 74.8. The number of ether oxygens (including phenoxy) is 4. The fourth-order valence-electron chi connectivity index (χ4n) is 12.8. The van der Waals surface area contributed by atoms with Crippen molar-refractivity contribution in [3.8, 4) is 0 Å². The van der Waals surface area contributed by atoms with Crippen LogP contribution in [0.5, 0.6) is 0 Å². The van der Waals surface area contributed by atoms with Crippen LogP contribution >= 0.6 is 15.6 Å². The van der Waals surface area contributed by atoms with Crippen LogP contribution in [0.25, 0.3) is 0 Å². The minimum Gasteiger partial charge on any atom is -0.462 e. The summed E-state index contributed by atoms with van der Waals surface area (Å²) in [7, 11) is -9.91. The minimum absolute atomic E-state index is 0.107. The maximum Gasteiger partial charge on any atom is 0.472 e. The third kappa shape index (κ3) is 76.1. The summed E-state index contributed by atoms with van der Waals surface area (Å²) in [6.07, 6.45) is 69.6. The topological polar surface area (TPSA) is 237 Å². The lowest BCUT2D eigenvalue weighted by Crippen LogP contribution is -2.30. The number of phosphoric acid groups is 2. The number of carbonyl (C=O) groups excluding carboxylic acids is 4. The van der Waals surface area contributed by atoms with Crippen molar-refractivity contribution in [2.75, 3.05) is 39.6 Å². The molecule has 600 valence electrons. The van der Waals surface area contributed by atoms with Crippen LogP contribution < -0.4 is 0 Å². The molecule has 101 heavy (non-hydrogen) atoms. The lowest BCUT2D eigenvalue weighted by molar-refractivity contribution is -0.161. The van der Waals surface area contributed by atoms with Gasteiger partial charge in [0.2, 0.25) is 0 Å². The van der Waals surface area contributed by atoms with E-state index in [4.69, 9.17) is 37.0 Å². The second-order valence-electron chi connectivity index (χ2n) is 29.5. The van der Waals surface area contributed by atoms with Crippen LogP contribution in [0.3, 0.4) is 0 Å². The first-order valence-corrected chi connectivity index (χ1v) is 45.8. The number of phosphoric ester groups is 2. The summed E-state index contributed by atoms with van der Waals surface area (Å²) in [6.45, 7) is 5.00. The molecule has 0 aliphatic rings. The molecule has 17 nitrogen and oxygen atoms in total. The molecule has 19 heteroatoms. The summed E-state index contributed by atoms with van der Waals surface area (Å²) < 4.78 is 68.7. The van der Waals surface area contributed by atoms with E-state index < -0.39 is 97.5 Å². The summed E-state index contributed by atoms with van der Waals surface area (Å²) in [5.41, 5.74) is 0. The minimum atomic E-state index is -4.96. The Morgan fingerprint density at radius 2 is 0.396 bits per heavy atom. The second-order valence-corrected chi connectivity index (χ2v) is 32.4. The zero-order valence-corrected chi connectivity index (χ0v) is 67.7. The van der Waals surface area contributed by atoms with Crippen LogP contribution in [0, 0.1) is 0 Å². The van der Waals surface area contributed by atoms with Gasteiger partial charge in [-0.2, -0.15) is 0 Å². The molecule has 0 rings (SSSR count). The average Bonchev–Trinajstić information content (AvgIpc) is 0.991. The Morgan fingerprint density at radius 3 is 0.584 bits per heavy atom. The fourth-order valence-corrected chi connectivity index (χ4v) is 14.4. The summed E-state index contributed by atoms with van der Waals surface area (Å²) in [4.78, 5) is 72.9. The normalized spacial score (nSPS) is 13.8. The van der Waals surface area contributed by atoms with Crippen molar-refractivity contribution in [2.45, 2.75) is 463 Å². The van der Waals surface area contributed by atoms with E-state index in [1.807, 2.05) is 0 Å². The number of carbonyl (C=O) groups is 4. The molecule has 0 amide bonds. The summed E-state index contributed by atoms with van der Waals surface area (Å²) in [5.74, 6) is -2.11. The van der Waals surface area contributed by atoms with Crippen molar-refractivity contribution in [3.05, 3.63) is 0 Å². The molecular weight excluding hydrogens is 1320 g/mol. The van der Waals surface area contributed by atoms with Crippen LogP contribution in [0.2, 0.25) is 0 Å². The van der Waals surface area contributed by atoms with E-state index in [1.54, 1.807) is 0 Å². The second kappa shape index (κ2) is 76.3. The molecule has 0 saturated heterocycles. The molecule has 0 fully saturated rings. The van der Waals surface area contributed by atoms with Gasteiger partial charge in [0.05, 0.1) is 26.4 Å². The Balaban J connectivity index is 5.17. The van der Waals surface area contributed by atoms with Gasteiger partial charge in [0, 0.05) is 25.7 Å². The van der Waals surface area contributed by atoms with Gasteiger partial charge in [-0.3, -0.25) is 37.3 Å². The number of hydrogen-bond acceptors (Lipinski definition) is 15. The van der Waals surface area contributed by atoms with Gasteiger partial charge < -0.3 is 33.8 Å². The average molecular weight is 1480 g/mol. The molecule has 2 unspecified atom stereocenters. The molecule has 5 atom stereocenters. The Morgan fingerprint density at radius 1 is 0.238 bits per heavy atom. The maximum atomic E-state index is 13.1. The summed E-state index contributed by atoms with van der Waals surface area (Å²) in [5, 5.41) is 10.6. The molecule has 0 aromatic rings. The molecule has 0 aliphatic heterocycles. The van der Waals surface area contributed by atoms with Crippen molar-refractivity contribution >= 4 is 39.5 Å². The van der Waals surface area contributed by atoms with Gasteiger partial charge in [-0.05, 0) is 25.7 Å². The first kappa shape index (κ1) is 99.1. The Labute approximate surface area is 619 Å². The molecule has 0 bridgehead atoms. The smallest absolute Gasteiger partial charge is 0.462 e. The van der Waals surface area contributed by atoms with E-state index in [1.165, 1.54) is 276 Å². The van der Waals surface area contributed by atoms with Crippen molar-refractivity contribution in [1.29, 1.82) is 0 Å². The number of unbranched alkanes of at least 4 members (excludes halogenated alkanes) is 57. The first-order valence-electron chi connectivity index (χ1n) is 42.8. The number of hydrogen-bond donors (Lipinski definition) is 3. The highest BCUT2D eigenvalue weighted by atomic mass is 31.2. The van der Waals surface area contributed by atoms with E-state index in [-0.39, 0.29) is 25.7 Å². The van der Waals surface area contributed by atoms with Crippen molar-refractivity contribution < 1.29 is 80.2 Å². The van der Waals surface area contributed by atoms with Gasteiger partial charge in [0.1, 0.15) is 19.3 Å². The summed E-state index contributed by atoms with van der Waals surface area (Å²) in [6, 6.07) is 0. The zero-order chi connectivity index (χ0) is 73.9. The molecule has 0 aromatic carbocycles. The molecule has 0 aliphatic carbocycles. The van der Waals surface area contributed by atoms with Gasteiger partial charge in [-0.1, -0.05) is 394 Å². The Bertz CT molecular complexity index is 1910. The lowest BCUT2D eigenvalue weighted by Gasteiger charge is -2.21. The molecule has 0 heterocycles. The van der Waals surface area contributed by atoms with Crippen LogP contribution in [0.15, 0.2) is 0 Å². The Hall–Kier alpha value is -1.94. The highest BCUT2D eigenvalue weighted by Crippen LogP contribution is 2.45. The van der Waals surface area contributed by atoms with E-state index in [2.05, 4.69) is 27.7 Å². The molecule has 0 spiro atoms. The van der Waals surface area contributed by atoms with E-state index >= 15 is 0 Å². The third-order valence-corrected chi connectivity index (χ3v) is 21.3. The fraction of sp³-hybridized carbons (Fsp3) is 0.951. The van der Waals surface area contributed by atoms with Gasteiger partial charge in [0.15, 0.2) is 12.2 Å². The van der Waals surface area contributed by atoms with Crippen LogP contribution in [-0.4, -0.2) is 96.7 Å². The van der Waals surface area contributed by atoms with Crippen LogP contribution in [-0.2, 0) is 65.4 Å². The molecule has 0 aromatic heterocycles. The van der Waals surface area contributed by atoms with E-state index in [0.717, 1.165) is 89.9 Å². The standard InChI is InChI=1S/C82H160O17P2/c1-5-9-13-17-21-25-29-31-33-35-37-39-41-43-45-47-49-53-57-61-65-69-82(87)99-78(73-93-80(85)67-63-59-55-52-48-46-44-42-40-38-36-34-32-30-26-22-18-14-10-6-2)75-97-101(90,91)95-71-76(83)70-94-100(88,89)96-74-77(98-81(86)68-64-60-56-51-28-24-20-16-12-8-4)72-92-79(84)66-62-58-54-50-27-23-19-15-11-7-3/h76-78,83H,5-75H2,1-4H3,(H,88,89)(H,90,91)/t76-,77+,78+/m0/s1. The van der Waals surface area contributed by atoms with Crippen molar-refractivity contribution in [2.24, 2.45) is 0 Å². The highest BCUT2D eigenvalue weighted by Gasteiger charge is 2.30. The zero-order valence-electron chi connectivity index (χ0n) is 65.9. The van der Waals surface area contributed by atoms with Crippen molar-refractivity contribution in [1.82, 2.24) is 0 Å². The molecular formula is C82H160O17P2. The predicted octanol–water partition coefficient (Wildman–Crippen LogP) is 25.0. The van der Waals surface area contributed by atoms with Gasteiger partial charge >= 0.3 is 39.5 Å². The van der Waals surface area contributed by atoms with E-state index in [9.17, 15) is 43.2 Å². The number of aliphatic hydroxyl groups is 1. The number of aliphatic hydroxyl groups excluding tert-OH is 1. The predicted molar refractivity (Wildman–Crippen MR) is 414 cm³/mol. The third-order valence-electron chi connectivity index (χ3n) is 19.4. The van der Waals surface area contributed by atoms with Gasteiger partial charge in [-0.15, -0.1) is 0 Å². The molecule has 0 saturated carbocycles. The van der Waals surface area contributed by atoms with Crippen molar-refractivity contribution in [3.63, 3.8) is 0 Å². The maximum absolute atomic E-state index is 13.1. The van der Waals surface area contributed by atoms with E-state index in [0.29, 0.717) is 25.7 Å². The molecule has 3 N–H and O–H groups in total. The van der Waals surface area contributed by atoms with Crippen LogP contribution in [0.1, 0.15) is 445 Å². The number of rotatable bonds is 83. The largest absolute Gasteiger partial charge is 0.472 e. The summed E-state index contributed by atoms with van der Waals surface area (Å²) >= 11 is 0. The van der Waals surface area contributed by atoms with Gasteiger partial charge in [-0.25, -0.2) is 9.13 Å². The first-order chi connectivity index (χ1) is 49.2.